The van der Waals surface area contributed by atoms with Crippen LogP contribution in [0.5, 0.6) is 11.5 Å². The van der Waals surface area contributed by atoms with E-state index in [4.69, 9.17) is 23.5 Å². The van der Waals surface area contributed by atoms with Gasteiger partial charge in [-0.25, -0.2) is 9.97 Å². The van der Waals surface area contributed by atoms with Gasteiger partial charge in [-0.15, -0.1) is 0 Å². The van der Waals surface area contributed by atoms with E-state index >= 15 is 0 Å². The van der Waals surface area contributed by atoms with Crippen LogP contribution in [0.25, 0.3) is 72.6 Å². The third kappa shape index (κ3) is 4.31. The summed E-state index contributed by atoms with van der Waals surface area (Å²) in [5.74, 6) is 2.83. The number of nitrogens with zero attached hydrogens (tertiary/aromatic N) is 4. The molecule has 10 aromatic rings. The van der Waals surface area contributed by atoms with Gasteiger partial charge in [-0.2, -0.15) is 0 Å². The maximum atomic E-state index is 6.26. The Balaban J connectivity index is 1.08. The second kappa shape index (κ2) is 10.7. The number of anilines is 3. The van der Waals surface area contributed by atoms with Crippen molar-refractivity contribution in [2.24, 2.45) is 0 Å². The molecule has 0 amide bonds. The van der Waals surface area contributed by atoms with E-state index in [1.165, 1.54) is 0 Å². The Kier molecular flexibility index (Phi) is 5.83. The molecule has 240 valence electrons. The van der Waals surface area contributed by atoms with Crippen LogP contribution in [0.4, 0.5) is 17.1 Å². The minimum absolute atomic E-state index is 0.588. The normalized spacial score (nSPS) is 12.4. The molecule has 0 spiro atoms. The Hall–Kier alpha value is -7.12. The first kappa shape index (κ1) is 27.8. The Bertz CT molecular complexity index is 2730. The molecule has 7 aromatic carbocycles. The first-order chi connectivity index (χ1) is 25.2. The molecule has 3 aromatic heterocycles. The van der Waals surface area contributed by atoms with Crippen LogP contribution in [-0.2, 0) is 0 Å². The highest BCUT2D eigenvalue weighted by molar-refractivity contribution is 6.11. The molecule has 7 nitrogen and oxygen atoms in total. The lowest BCUT2D eigenvalue weighted by Crippen LogP contribution is -2.15. The van der Waals surface area contributed by atoms with Crippen molar-refractivity contribution >= 4 is 61.1 Å². The third-order valence-corrected chi connectivity index (χ3v) is 9.65. The van der Waals surface area contributed by atoms with Gasteiger partial charge in [-0.1, -0.05) is 48.5 Å². The highest BCUT2D eigenvalue weighted by atomic mass is 16.5. The van der Waals surface area contributed by atoms with Crippen LogP contribution >= 0.6 is 0 Å². The number of aromatic nitrogens is 3. The monoisotopic (exact) mass is 658 g/mol. The number of ether oxygens (including phenoxy) is 1. The highest BCUT2D eigenvalue weighted by Crippen LogP contribution is 2.50. The summed E-state index contributed by atoms with van der Waals surface area (Å²) in [6.07, 6.45) is 0. The predicted octanol–water partition coefficient (Wildman–Crippen LogP) is 12.0. The molecule has 1 aliphatic heterocycles. The van der Waals surface area contributed by atoms with Gasteiger partial charge >= 0.3 is 0 Å². The fraction of sp³-hybridized carbons (Fsp3) is 0. The fourth-order valence-corrected chi connectivity index (χ4v) is 7.29. The van der Waals surface area contributed by atoms with E-state index in [0.717, 1.165) is 89.4 Å². The molecule has 7 heteroatoms. The van der Waals surface area contributed by atoms with Gasteiger partial charge < -0.3 is 23.0 Å². The lowest BCUT2D eigenvalue weighted by atomic mass is 10.1. The zero-order valence-electron chi connectivity index (χ0n) is 27.0. The van der Waals surface area contributed by atoms with Crippen LogP contribution < -0.4 is 9.64 Å². The Labute approximate surface area is 291 Å². The number of benzene rings is 7. The van der Waals surface area contributed by atoms with Crippen molar-refractivity contribution in [2.75, 3.05) is 4.90 Å². The molecule has 0 saturated carbocycles. The van der Waals surface area contributed by atoms with Gasteiger partial charge in [0.25, 0.3) is 0 Å². The fourth-order valence-electron chi connectivity index (χ4n) is 7.29. The molecule has 0 unspecified atom stereocenters. The van der Waals surface area contributed by atoms with Crippen LogP contribution in [0, 0.1) is 0 Å². The van der Waals surface area contributed by atoms with Crippen molar-refractivity contribution in [3.63, 3.8) is 0 Å². The average Bonchev–Trinajstić information content (AvgIpc) is 3.91. The van der Waals surface area contributed by atoms with E-state index < -0.39 is 0 Å². The van der Waals surface area contributed by atoms with Crippen molar-refractivity contribution in [2.45, 2.75) is 0 Å². The Morgan fingerprint density at radius 3 is 1.43 bits per heavy atom. The standard InChI is InChI=1S/C44H26N4O3/c1-5-13-39-33(9-1)45-43(50-39)27-17-23-35-31(25-27)32-26-28(44-46-34-10-2-6-14-40(34)51-44)18-24-36(32)47(35)29-19-21-30(22-20-29)48-37-11-3-7-15-41(37)49-42-16-8-4-12-38(42)48/h1-26H. The number of para-hydroxylation sites is 8. The molecule has 0 radical (unpaired) electrons. The lowest BCUT2D eigenvalue weighted by Gasteiger charge is -2.32. The predicted molar refractivity (Wildman–Crippen MR) is 202 cm³/mol. The average molecular weight is 659 g/mol. The van der Waals surface area contributed by atoms with Crippen LogP contribution in [0.15, 0.2) is 167 Å². The van der Waals surface area contributed by atoms with Crippen molar-refractivity contribution in [1.29, 1.82) is 0 Å². The minimum atomic E-state index is 0.588. The Morgan fingerprint density at radius 1 is 0.431 bits per heavy atom. The Morgan fingerprint density at radius 2 is 0.902 bits per heavy atom. The smallest absolute Gasteiger partial charge is 0.227 e. The summed E-state index contributed by atoms with van der Waals surface area (Å²) < 4.78 is 21.0. The van der Waals surface area contributed by atoms with E-state index in [0.29, 0.717) is 11.8 Å². The lowest BCUT2D eigenvalue weighted by molar-refractivity contribution is 0.477. The summed E-state index contributed by atoms with van der Waals surface area (Å²) >= 11 is 0. The van der Waals surface area contributed by atoms with E-state index in [2.05, 4.69) is 82.3 Å². The van der Waals surface area contributed by atoms with Gasteiger partial charge in [0.05, 0.1) is 22.4 Å². The van der Waals surface area contributed by atoms with Gasteiger partial charge in [0, 0.05) is 33.3 Å². The second-order valence-electron chi connectivity index (χ2n) is 12.7. The molecule has 0 fully saturated rings. The van der Waals surface area contributed by atoms with Crippen molar-refractivity contribution in [3.8, 4) is 40.1 Å². The third-order valence-electron chi connectivity index (χ3n) is 9.65. The number of hydrogen-bond acceptors (Lipinski definition) is 6. The van der Waals surface area contributed by atoms with Crippen LogP contribution in [0.1, 0.15) is 0 Å². The topological polar surface area (TPSA) is 69.5 Å². The quantitative estimate of drug-likeness (QED) is 0.187. The van der Waals surface area contributed by atoms with E-state index in [1.54, 1.807) is 0 Å². The van der Waals surface area contributed by atoms with Crippen LogP contribution in [0.3, 0.4) is 0 Å². The molecule has 0 aliphatic carbocycles. The molecular formula is C44H26N4O3. The van der Waals surface area contributed by atoms with E-state index in [9.17, 15) is 0 Å². The van der Waals surface area contributed by atoms with Gasteiger partial charge in [0.1, 0.15) is 11.0 Å². The summed E-state index contributed by atoms with van der Waals surface area (Å²) in [4.78, 5) is 11.8. The molecule has 51 heavy (non-hydrogen) atoms. The molecular weight excluding hydrogens is 633 g/mol. The van der Waals surface area contributed by atoms with Gasteiger partial charge in [0.15, 0.2) is 22.7 Å². The summed E-state index contributed by atoms with van der Waals surface area (Å²) in [5.41, 5.74) is 11.2. The van der Waals surface area contributed by atoms with Gasteiger partial charge in [-0.05, 0) is 109 Å². The van der Waals surface area contributed by atoms with Gasteiger partial charge in [0.2, 0.25) is 11.8 Å². The molecule has 4 heterocycles. The zero-order chi connectivity index (χ0) is 33.5. The largest absolute Gasteiger partial charge is 0.453 e. The van der Waals surface area contributed by atoms with E-state index in [1.807, 2.05) is 84.9 Å². The summed E-state index contributed by atoms with van der Waals surface area (Å²) in [5, 5.41) is 2.14. The van der Waals surface area contributed by atoms with Crippen molar-refractivity contribution in [3.05, 3.63) is 158 Å². The summed E-state index contributed by atoms with van der Waals surface area (Å²) in [7, 11) is 0. The minimum Gasteiger partial charge on any atom is -0.453 e. The van der Waals surface area contributed by atoms with Gasteiger partial charge in [-0.3, -0.25) is 0 Å². The first-order valence-corrected chi connectivity index (χ1v) is 16.8. The van der Waals surface area contributed by atoms with E-state index in [-0.39, 0.29) is 0 Å². The number of rotatable bonds is 4. The molecule has 0 atom stereocenters. The number of fused-ring (bicyclic) bond motifs is 7. The maximum absolute atomic E-state index is 6.26. The molecule has 1 aliphatic rings. The molecule has 0 N–H and O–H groups in total. The summed E-state index contributed by atoms with van der Waals surface area (Å²) in [6, 6.07) is 53.5. The maximum Gasteiger partial charge on any atom is 0.227 e. The number of hydrogen-bond donors (Lipinski definition) is 0. The molecule has 0 bridgehead atoms. The zero-order valence-corrected chi connectivity index (χ0v) is 27.0. The summed E-state index contributed by atoms with van der Waals surface area (Å²) in [6.45, 7) is 0. The van der Waals surface area contributed by atoms with Crippen molar-refractivity contribution < 1.29 is 13.6 Å². The van der Waals surface area contributed by atoms with Crippen LogP contribution in [-0.4, -0.2) is 14.5 Å². The first-order valence-electron chi connectivity index (χ1n) is 16.8. The SMILES string of the molecule is c1ccc2c(c1)Oc1ccccc1N2c1ccc(-n2c3ccc(-c4nc5ccccc5o4)cc3c3cc(-c4nc5ccccc5o4)ccc32)cc1. The van der Waals surface area contributed by atoms with Crippen LogP contribution in [0.2, 0.25) is 0 Å². The number of oxazole rings is 2. The highest BCUT2D eigenvalue weighted by Gasteiger charge is 2.25. The molecule has 0 saturated heterocycles. The second-order valence-corrected chi connectivity index (χ2v) is 12.7. The molecule has 11 rings (SSSR count). The van der Waals surface area contributed by atoms with Crippen molar-refractivity contribution in [1.82, 2.24) is 14.5 Å².